The van der Waals surface area contributed by atoms with Gasteiger partial charge in [-0.05, 0) is 12.8 Å². The van der Waals surface area contributed by atoms with Crippen LogP contribution in [0.1, 0.15) is 25.7 Å². The minimum Gasteiger partial charge on any atom is -0.490 e. The van der Waals surface area contributed by atoms with Gasteiger partial charge >= 0.3 is 0 Å². The van der Waals surface area contributed by atoms with Crippen molar-refractivity contribution in [3.63, 3.8) is 0 Å². The van der Waals surface area contributed by atoms with Crippen LogP contribution < -0.4 is 4.74 Å². The van der Waals surface area contributed by atoms with Gasteiger partial charge < -0.3 is 4.74 Å². The lowest BCUT2D eigenvalue weighted by Gasteiger charge is -2.09. The van der Waals surface area contributed by atoms with Crippen LogP contribution >= 0.6 is 34.8 Å². The zero-order chi connectivity index (χ0) is 14.3. The zero-order valence-corrected chi connectivity index (χ0v) is 12.5. The van der Waals surface area contributed by atoms with Crippen molar-refractivity contribution in [1.82, 2.24) is 0 Å². The number of unbranched alkanes of at least 4 members (excludes halogenated alkanes) is 3. The lowest BCUT2D eigenvalue weighted by Crippen LogP contribution is -1.99. The second-order valence-electron chi connectivity index (χ2n) is 3.95. The summed E-state index contributed by atoms with van der Waals surface area (Å²) in [7, 11) is 0. The largest absolute Gasteiger partial charge is 0.490 e. The Labute approximate surface area is 126 Å². The van der Waals surface area contributed by atoms with Gasteiger partial charge in [-0.15, -0.1) is 11.6 Å². The lowest BCUT2D eigenvalue weighted by molar-refractivity contribution is -0.384. The number of nitro groups is 1. The molecule has 7 heteroatoms. The summed E-state index contributed by atoms with van der Waals surface area (Å²) < 4.78 is 5.46. The molecule has 0 aliphatic heterocycles. The Morgan fingerprint density at radius 3 is 2.21 bits per heavy atom. The van der Waals surface area contributed by atoms with Gasteiger partial charge in [0.2, 0.25) is 0 Å². The zero-order valence-electron chi connectivity index (χ0n) is 10.2. The summed E-state index contributed by atoms with van der Waals surface area (Å²) >= 11 is 17.4. The first kappa shape index (κ1) is 16.3. The average molecular weight is 327 g/mol. The van der Waals surface area contributed by atoms with E-state index in [-0.39, 0.29) is 15.7 Å². The highest BCUT2D eigenvalue weighted by atomic mass is 35.5. The first-order valence-corrected chi connectivity index (χ1v) is 7.17. The number of halogens is 3. The van der Waals surface area contributed by atoms with E-state index in [1.54, 1.807) is 0 Å². The second-order valence-corrected chi connectivity index (χ2v) is 5.14. The van der Waals surface area contributed by atoms with Crippen molar-refractivity contribution in [2.24, 2.45) is 0 Å². The van der Waals surface area contributed by atoms with Gasteiger partial charge in [0.05, 0.1) is 21.6 Å². The summed E-state index contributed by atoms with van der Waals surface area (Å²) in [4.78, 5) is 10.1. The van der Waals surface area contributed by atoms with E-state index in [0.717, 1.165) is 25.7 Å². The molecule has 0 saturated heterocycles. The predicted octanol–water partition coefficient (Wildman–Crippen LogP) is 5.08. The van der Waals surface area contributed by atoms with Crippen LogP contribution in [0.4, 0.5) is 5.69 Å². The molecule has 0 atom stereocenters. The van der Waals surface area contributed by atoms with Crippen LogP contribution in [0.2, 0.25) is 10.0 Å². The highest BCUT2D eigenvalue weighted by molar-refractivity contribution is 6.37. The molecule has 0 heterocycles. The Balaban J connectivity index is 2.52. The van der Waals surface area contributed by atoms with Crippen molar-refractivity contribution in [3.05, 3.63) is 32.3 Å². The standard InChI is InChI=1S/C12H14Cl3NO3/c13-5-3-1-2-4-6-19-12-10(14)7-9(16(17)18)8-11(12)15/h7-8H,1-6H2. The van der Waals surface area contributed by atoms with E-state index in [0.29, 0.717) is 18.2 Å². The molecule has 106 valence electrons. The van der Waals surface area contributed by atoms with Crippen molar-refractivity contribution in [3.8, 4) is 5.75 Å². The first-order chi connectivity index (χ1) is 9.06. The molecule has 0 amide bonds. The third-order valence-corrected chi connectivity index (χ3v) is 3.30. The van der Waals surface area contributed by atoms with Crippen LogP contribution in [0.15, 0.2) is 12.1 Å². The number of non-ortho nitro benzene ring substituents is 1. The minimum absolute atomic E-state index is 0.149. The van der Waals surface area contributed by atoms with Crippen molar-refractivity contribution in [1.29, 1.82) is 0 Å². The predicted molar refractivity (Wildman–Crippen MR) is 77.8 cm³/mol. The molecule has 0 aliphatic rings. The molecule has 0 aliphatic carbocycles. The van der Waals surface area contributed by atoms with Crippen molar-refractivity contribution in [2.75, 3.05) is 12.5 Å². The van der Waals surface area contributed by atoms with E-state index in [2.05, 4.69) is 0 Å². The second kappa shape index (κ2) is 8.46. The molecule has 0 N–H and O–H groups in total. The molecule has 0 saturated carbocycles. The first-order valence-electron chi connectivity index (χ1n) is 5.88. The van der Waals surface area contributed by atoms with E-state index in [1.807, 2.05) is 0 Å². The van der Waals surface area contributed by atoms with Crippen molar-refractivity contribution >= 4 is 40.5 Å². The van der Waals surface area contributed by atoms with Gasteiger partial charge in [-0.1, -0.05) is 36.0 Å². The van der Waals surface area contributed by atoms with Crippen LogP contribution in [0.3, 0.4) is 0 Å². The number of rotatable bonds is 8. The smallest absolute Gasteiger partial charge is 0.272 e. The number of ether oxygens (including phenoxy) is 1. The van der Waals surface area contributed by atoms with Gasteiger partial charge in [0, 0.05) is 18.0 Å². The number of nitrogens with zero attached hydrogens (tertiary/aromatic N) is 1. The third kappa shape index (κ3) is 5.43. The molecule has 0 bridgehead atoms. The summed E-state index contributed by atoms with van der Waals surface area (Å²) in [5.74, 6) is 0.965. The maximum absolute atomic E-state index is 10.6. The number of alkyl halides is 1. The summed E-state index contributed by atoms with van der Waals surface area (Å²) in [6.45, 7) is 0.472. The summed E-state index contributed by atoms with van der Waals surface area (Å²) in [6, 6.07) is 2.46. The topological polar surface area (TPSA) is 52.4 Å². The van der Waals surface area contributed by atoms with Crippen LogP contribution in [-0.4, -0.2) is 17.4 Å². The Bertz CT molecular complexity index is 417. The van der Waals surface area contributed by atoms with Gasteiger partial charge in [0.15, 0.2) is 5.75 Å². The molecule has 1 rings (SSSR count). The van der Waals surface area contributed by atoms with Crippen LogP contribution in [0.25, 0.3) is 0 Å². The van der Waals surface area contributed by atoms with Gasteiger partial charge in [-0.2, -0.15) is 0 Å². The number of hydrogen-bond acceptors (Lipinski definition) is 3. The normalized spacial score (nSPS) is 10.5. The van der Waals surface area contributed by atoms with E-state index in [1.165, 1.54) is 12.1 Å². The maximum Gasteiger partial charge on any atom is 0.272 e. The highest BCUT2D eigenvalue weighted by Gasteiger charge is 2.15. The fourth-order valence-electron chi connectivity index (χ4n) is 1.51. The molecule has 0 aromatic heterocycles. The van der Waals surface area contributed by atoms with E-state index in [9.17, 15) is 10.1 Å². The Hall–Kier alpha value is -0.710. The molecule has 19 heavy (non-hydrogen) atoms. The summed E-state index contributed by atoms with van der Waals surface area (Å²) in [5, 5.41) is 10.9. The Kier molecular flexibility index (Phi) is 7.28. The molecular weight excluding hydrogens is 312 g/mol. The molecule has 0 fully saturated rings. The molecule has 1 aromatic carbocycles. The SMILES string of the molecule is O=[N+]([O-])c1cc(Cl)c(OCCCCCCCl)c(Cl)c1. The number of nitro benzene ring substituents is 1. The fourth-order valence-corrected chi connectivity index (χ4v) is 2.29. The number of hydrogen-bond donors (Lipinski definition) is 0. The van der Waals surface area contributed by atoms with Crippen molar-refractivity contribution < 1.29 is 9.66 Å². The molecule has 1 aromatic rings. The highest BCUT2D eigenvalue weighted by Crippen LogP contribution is 2.36. The van der Waals surface area contributed by atoms with Crippen LogP contribution in [0, 0.1) is 10.1 Å². The van der Waals surface area contributed by atoms with E-state index in [4.69, 9.17) is 39.5 Å². The van der Waals surface area contributed by atoms with Crippen LogP contribution in [0.5, 0.6) is 5.75 Å². The van der Waals surface area contributed by atoms with E-state index < -0.39 is 4.92 Å². The van der Waals surface area contributed by atoms with Crippen molar-refractivity contribution in [2.45, 2.75) is 25.7 Å². The third-order valence-electron chi connectivity index (χ3n) is 2.47. The quantitative estimate of drug-likeness (QED) is 0.290. The monoisotopic (exact) mass is 325 g/mol. The minimum atomic E-state index is -0.548. The summed E-state index contributed by atoms with van der Waals surface area (Å²) in [5.41, 5.74) is -0.149. The lowest BCUT2D eigenvalue weighted by atomic mass is 10.2. The molecular formula is C12H14Cl3NO3. The number of benzene rings is 1. The molecule has 0 radical (unpaired) electrons. The summed E-state index contributed by atoms with van der Waals surface area (Å²) in [6.07, 6.45) is 3.91. The molecule has 0 unspecified atom stereocenters. The van der Waals surface area contributed by atoms with Gasteiger partial charge in [-0.3, -0.25) is 10.1 Å². The van der Waals surface area contributed by atoms with Gasteiger partial charge in [-0.25, -0.2) is 0 Å². The molecule has 4 nitrogen and oxygen atoms in total. The Morgan fingerprint density at radius 2 is 1.68 bits per heavy atom. The fraction of sp³-hybridized carbons (Fsp3) is 0.500. The van der Waals surface area contributed by atoms with Crippen LogP contribution in [-0.2, 0) is 0 Å². The van der Waals surface area contributed by atoms with Gasteiger partial charge in [0.25, 0.3) is 5.69 Å². The van der Waals surface area contributed by atoms with E-state index >= 15 is 0 Å². The molecule has 0 spiro atoms. The Morgan fingerprint density at radius 1 is 1.11 bits per heavy atom. The maximum atomic E-state index is 10.6. The van der Waals surface area contributed by atoms with Gasteiger partial charge in [0.1, 0.15) is 0 Å². The average Bonchev–Trinajstić information content (AvgIpc) is 2.35.